The molecule has 28 heavy (non-hydrogen) atoms. The number of fused-ring (bicyclic) bond motifs is 2. The van der Waals surface area contributed by atoms with Gasteiger partial charge in [-0.05, 0) is 68.5 Å². The summed E-state index contributed by atoms with van der Waals surface area (Å²) < 4.78 is 2.47. The van der Waals surface area contributed by atoms with E-state index in [1.54, 1.807) is 0 Å². The number of para-hydroxylation sites is 1. The van der Waals surface area contributed by atoms with Crippen LogP contribution < -0.4 is 0 Å². The molecule has 3 atom stereocenters. The Morgan fingerprint density at radius 1 is 1.04 bits per heavy atom. The molecular weight excluding hydrogens is 340 g/mol. The van der Waals surface area contributed by atoms with Crippen LogP contribution in [0.25, 0.3) is 16.5 Å². The lowest BCUT2D eigenvalue weighted by Crippen LogP contribution is -2.43. The summed E-state index contributed by atoms with van der Waals surface area (Å²) in [7, 11) is 0. The zero-order chi connectivity index (χ0) is 19.1. The van der Waals surface area contributed by atoms with Crippen molar-refractivity contribution in [2.24, 2.45) is 17.8 Å². The van der Waals surface area contributed by atoms with E-state index in [-0.39, 0.29) is 0 Å². The molecule has 2 aromatic rings. The molecule has 150 valence electrons. The number of nitrogens with zero attached hydrogens (tertiary/aromatic N) is 2. The molecule has 3 unspecified atom stereocenters. The number of aromatic nitrogens is 1. The van der Waals surface area contributed by atoms with Crippen molar-refractivity contribution in [1.29, 1.82) is 0 Å². The Kier molecular flexibility index (Phi) is 5.09. The monoisotopic (exact) mass is 376 g/mol. The molecule has 1 aliphatic heterocycles. The molecule has 1 aromatic heterocycles. The van der Waals surface area contributed by atoms with Gasteiger partial charge in [0.2, 0.25) is 0 Å². The van der Waals surface area contributed by atoms with Crippen LogP contribution in [0.3, 0.4) is 0 Å². The van der Waals surface area contributed by atoms with Crippen LogP contribution in [-0.2, 0) is 6.54 Å². The largest absolute Gasteiger partial charge is 0.346 e. The van der Waals surface area contributed by atoms with Crippen molar-refractivity contribution < 1.29 is 0 Å². The summed E-state index contributed by atoms with van der Waals surface area (Å²) in [6.45, 7) is 9.94. The molecule has 0 bridgehead atoms. The number of likely N-dealkylation sites (tertiary alicyclic amines) is 1. The average Bonchev–Trinajstić information content (AvgIpc) is 3.31. The molecule has 2 nitrogen and oxygen atoms in total. The minimum Gasteiger partial charge on any atom is -0.346 e. The number of hydrogen-bond donors (Lipinski definition) is 0. The number of rotatable bonds is 7. The first kappa shape index (κ1) is 18.5. The quantitative estimate of drug-likeness (QED) is 0.546. The molecule has 0 amide bonds. The van der Waals surface area contributed by atoms with E-state index in [1.807, 2.05) is 0 Å². The number of allylic oxidation sites excluding steroid dienone is 1. The number of benzene rings is 1. The second-order valence-electron chi connectivity index (χ2n) is 9.90. The van der Waals surface area contributed by atoms with Gasteiger partial charge in [-0.2, -0.15) is 0 Å². The maximum absolute atomic E-state index is 4.20. The van der Waals surface area contributed by atoms with E-state index >= 15 is 0 Å². The Labute approximate surface area is 170 Å². The predicted molar refractivity (Wildman–Crippen MR) is 119 cm³/mol. The third-order valence-corrected chi connectivity index (χ3v) is 7.80. The van der Waals surface area contributed by atoms with Crippen molar-refractivity contribution in [3.63, 3.8) is 0 Å². The first-order valence-corrected chi connectivity index (χ1v) is 11.7. The first-order chi connectivity index (χ1) is 13.7. The molecule has 1 aromatic carbocycles. The van der Waals surface area contributed by atoms with E-state index in [2.05, 4.69) is 53.4 Å². The molecule has 3 aliphatic rings. The lowest BCUT2D eigenvalue weighted by atomic mass is 9.91. The molecule has 0 spiro atoms. The van der Waals surface area contributed by atoms with Crippen LogP contribution in [0.2, 0.25) is 0 Å². The van der Waals surface area contributed by atoms with Gasteiger partial charge in [-0.1, -0.05) is 50.5 Å². The Bertz CT molecular complexity index is 843. The fourth-order valence-corrected chi connectivity index (χ4v) is 6.09. The summed E-state index contributed by atoms with van der Waals surface area (Å²) in [4.78, 5) is 2.85. The van der Waals surface area contributed by atoms with Crippen molar-refractivity contribution >= 4 is 16.5 Å². The van der Waals surface area contributed by atoms with Gasteiger partial charge in [-0.25, -0.2) is 0 Å². The molecule has 2 heterocycles. The second kappa shape index (κ2) is 7.71. The fraction of sp³-hybridized carbons (Fsp3) is 0.615. The molecule has 1 saturated heterocycles. The van der Waals surface area contributed by atoms with Crippen molar-refractivity contribution in [3.05, 3.63) is 42.6 Å². The molecule has 2 heteroatoms. The van der Waals surface area contributed by atoms with Gasteiger partial charge in [0.05, 0.1) is 0 Å². The van der Waals surface area contributed by atoms with Crippen LogP contribution >= 0.6 is 0 Å². The van der Waals surface area contributed by atoms with E-state index in [4.69, 9.17) is 0 Å². The van der Waals surface area contributed by atoms with Gasteiger partial charge in [0, 0.05) is 41.8 Å². The minimum absolute atomic E-state index is 0.861. The first-order valence-electron chi connectivity index (χ1n) is 11.7. The Balaban J connectivity index is 1.26. The molecule has 0 N–H and O–H groups in total. The maximum atomic E-state index is 4.20. The highest BCUT2D eigenvalue weighted by atomic mass is 15.2. The van der Waals surface area contributed by atoms with Crippen molar-refractivity contribution in [1.82, 2.24) is 9.47 Å². The topological polar surface area (TPSA) is 8.17 Å². The Morgan fingerprint density at radius 2 is 1.86 bits per heavy atom. The van der Waals surface area contributed by atoms with E-state index in [1.165, 1.54) is 86.5 Å². The number of hydrogen-bond acceptors (Lipinski definition) is 1. The average molecular weight is 377 g/mol. The fourth-order valence-electron chi connectivity index (χ4n) is 6.09. The second-order valence-corrected chi connectivity index (χ2v) is 9.90. The lowest BCUT2D eigenvalue weighted by Gasteiger charge is -2.37. The third-order valence-electron chi connectivity index (χ3n) is 7.80. The SMILES string of the molecule is C=C(C)c1cn(CCN2CCCC3CC(CCC4CC4)CC32)c2ccccc12. The van der Waals surface area contributed by atoms with Crippen LogP contribution in [0, 0.1) is 17.8 Å². The van der Waals surface area contributed by atoms with Gasteiger partial charge >= 0.3 is 0 Å². The normalized spacial score (nSPS) is 28.0. The van der Waals surface area contributed by atoms with Gasteiger partial charge in [0.1, 0.15) is 0 Å². The van der Waals surface area contributed by atoms with Crippen LogP contribution in [0.1, 0.15) is 63.9 Å². The molecule has 5 rings (SSSR count). The molecule has 2 aliphatic carbocycles. The summed E-state index contributed by atoms with van der Waals surface area (Å²) >= 11 is 0. The van der Waals surface area contributed by atoms with Crippen molar-refractivity contribution in [2.45, 2.75) is 70.9 Å². The van der Waals surface area contributed by atoms with Gasteiger partial charge in [-0.15, -0.1) is 0 Å². The molecule has 3 fully saturated rings. The maximum Gasteiger partial charge on any atom is 0.0487 e. The Morgan fingerprint density at radius 3 is 2.68 bits per heavy atom. The van der Waals surface area contributed by atoms with Crippen molar-refractivity contribution in [2.75, 3.05) is 13.1 Å². The highest BCUT2D eigenvalue weighted by Gasteiger charge is 2.39. The van der Waals surface area contributed by atoms with Gasteiger partial charge < -0.3 is 4.57 Å². The summed E-state index contributed by atoms with van der Waals surface area (Å²) in [5.41, 5.74) is 3.85. The van der Waals surface area contributed by atoms with Gasteiger partial charge in [0.25, 0.3) is 0 Å². The van der Waals surface area contributed by atoms with Crippen LogP contribution in [0.5, 0.6) is 0 Å². The van der Waals surface area contributed by atoms with E-state index < -0.39 is 0 Å². The summed E-state index contributed by atoms with van der Waals surface area (Å²) in [6, 6.07) is 9.69. The molecule has 2 saturated carbocycles. The van der Waals surface area contributed by atoms with Crippen LogP contribution in [-0.4, -0.2) is 28.6 Å². The van der Waals surface area contributed by atoms with Crippen LogP contribution in [0.4, 0.5) is 0 Å². The van der Waals surface area contributed by atoms with E-state index in [9.17, 15) is 0 Å². The van der Waals surface area contributed by atoms with Gasteiger partial charge in [-0.3, -0.25) is 4.90 Å². The standard InChI is InChI=1S/C26H36N2/c1-19(2)24-18-28(25-8-4-3-7-23(24)25)15-14-27-13-5-6-22-16-21(17-26(22)27)12-11-20-9-10-20/h3-4,7-8,18,20-22,26H,1,5-6,9-17H2,2H3. The minimum atomic E-state index is 0.861. The zero-order valence-electron chi connectivity index (χ0n) is 17.6. The molecule has 0 radical (unpaired) electrons. The van der Waals surface area contributed by atoms with E-state index in [0.717, 1.165) is 30.3 Å². The van der Waals surface area contributed by atoms with Crippen molar-refractivity contribution in [3.8, 4) is 0 Å². The van der Waals surface area contributed by atoms with Gasteiger partial charge in [0.15, 0.2) is 0 Å². The summed E-state index contributed by atoms with van der Waals surface area (Å²) in [5.74, 6) is 3.09. The van der Waals surface area contributed by atoms with Crippen LogP contribution in [0.15, 0.2) is 37.0 Å². The highest BCUT2D eigenvalue weighted by Crippen LogP contribution is 2.44. The highest BCUT2D eigenvalue weighted by molar-refractivity contribution is 5.92. The third kappa shape index (κ3) is 3.68. The zero-order valence-corrected chi connectivity index (χ0v) is 17.6. The number of piperidine rings is 1. The smallest absolute Gasteiger partial charge is 0.0487 e. The lowest BCUT2D eigenvalue weighted by molar-refractivity contribution is 0.109. The summed E-state index contributed by atoms with van der Waals surface area (Å²) in [5, 5.41) is 1.35. The Hall–Kier alpha value is -1.54. The summed E-state index contributed by atoms with van der Waals surface area (Å²) in [6.07, 6.45) is 14.3. The molecular formula is C26H36N2. The predicted octanol–water partition coefficient (Wildman–Crippen LogP) is 6.36. The van der Waals surface area contributed by atoms with E-state index in [0.29, 0.717) is 0 Å².